The van der Waals surface area contributed by atoms with E-state index in [1.54, 1.807) is 17.3 Å². The molecule has 0 aliphatic heterocycles. The average molecular weight is 283 g/mol. The lowest BCUT2D eigenvalue weighted by atomic mass is 10.1. The van der Waals surface area contributed by atoms with Crippen LogP contribution in [0.5, 0.6) is 0 Å². The Morgan fingerprint density at radius 1 is 1.19 bits per heavy atom. The molecule has 4 nitrogen and oxygen atoms in total. The SMILES string of the molecule is CCC[C@H](C)N(C)C(=O)c1cnc(-c2ccccc2)nc1. The zero-order valence-corrected chi connectivity index (χ0v) is 12.8. The third kappa shape index (κ3) is 3.66. The fourth-order valence-electron chi connectivity index (χ4n) is 2.19. The van der Waals surface area contributed by atoms with Gasteiger partial charge in [0.05, 0.1) is 5.56 Å². The Bertz CT molecular complexity index is 581. The van der Waals surface area contributed by atoms with Crippen molar-refractivity contribution >= 4 is 5.91 Å². The Labute approximate surface area is 125 Å². The highest BCUT2D eigenvalue weighted by molar-refractivity contribution is 5.93. The monoisotopic (exact) mass is 283 g/mol. The summed E-state index contributed by atoms with van der Waals surface area (Å²) in [5, 5.41) is 0. The molecule has 0 aliphatic carbocycles. The summed E-state index contributed by atoms with van der Waals surface area (Å²) in [5.74, 6) is 0.604. The first-order valence-electron chi connectivity index (χ1n) is 7.28. The summed E-state index contributed by atoms with van der Waals surface area (Å²) in [6.45, 7) is 4.17. The van der Waals surface area contributed by atoms with Gasteiger partial charge in [-0.05, 0) is 13.3 Å². The summed E-state index contributed by atoms with van der Waals surface area (Å²) in [7, 11) is 1.83. The number of aromatic nitrogens is 2. The summed E-state index contributed by atoms with van der Waals surface area (Å²) >= 11 is 0. The van der Waals surface area contributed by atoms with Crippen molar-refractivity contribution in [2.45, 2.75) is 32.7 Å². The Morgan fingerprint density at radius 2 is 1.81 bits per heavy atom. The van der Waals surface area contributed by atoms with Crippen LogP contribution >= 0.6 is 0 Å². The Balaban J connectivity index is 2.14. The lowest BCUT2D eigenvalue weighted by Crippen LogP contribution is -2.35. The molecule has 0 radical (unpaired) electrons. The molecular weight excluding hydrogens is 262 g/mol. The molecule has 110 valence electrons. The van der Waals surface area contributed by atoms with E-state index in [0.29, 0.717) is 11.4 Å². The second-order valence-corrected chi connectivity index (χ2v) is 5.22. The molecule has 2 rings (SSSR count). The number of amides is 1. The van der Waals surface area contributed by atoms with Crippen LogP contribution in [0.1, 0.15) is 37.0 Å². The number of nitrogens with zero attached hydrogens (tertiary/aromatic N) is 3. The number of hydrogen-bond acceptors (Lipinski definition) is 3. The fraction of sp³-hybridized carbons (Fsp3) is 0.353. The molecule has 1 heterocycles. The summed E-state index contributed by atoms with van der Waals surface area (Å²) < 4.78 is 0. The topological polar surface area (TPSA) is 46.1 Å². The number of rotatable bonds is 5. The van der Waals surface area contributed by atoms with Gasteiger partial charge in [-0.15, -0.1) is 0 Å². The molecule has 1 amide bonds. The van der Waals surface area contributed by atoms with Crippen molar-refractivity contribution in [2.75, 3.05) is 7.05 Å². The predicted octanol–water partition coefficient (Wildman–Crippen LogP) is 3.40. The molecule has 1 aromatic heterocycles. The van der Waals surface area contributed by atoms with E-state index in [0.717, 1.165) is 18.4 Å². The molecule has 0 aliphatic rings. The van der Waals surface area contributed by atoms with Crippen molar-refractivity contribution in [1.82, 2.24) is 14.9 Å². The number of carbonyl (C=O) groups excluding carboxylic acids is 1. The van der Waals surface area contributed by atoms with Crippen molar-refractivity contribution in [2.24, 2.45) is 0 Å². The van der Waals surface area contributed by atoms with Gasteiger partial charge in [0, 0.05) is 31.0 Å². The molecule has 0 spiro atoms. The molecule has 1 atom stereocenters. The van der Waals surface area contributed by atoms with Crippen molar-refractivity contribution in [3.05, 3.63) is 48.3 Å². The van der Waals surface area contributed by atoms with E-state index in [1.807, 2.05) is 37.4 Å². The van der Waals surface area contributed by atoms with E-state index in [2.05, 4.69) is 23.8 Å². The molecule has 0 saturated carbocycles. The zero-order valence-electron chi connectivity index (χ0n) is 12.8. The van der Waals surface area contributed by atoms with Crippen LogP contribution in [-0.4, -0.2) is 33.9 Å². The Hall–Kier alpha value is -2.23. The molecule has 0 saturated heterocycles. The molecule has 4 heteroatoms. The first-order chi connectivity index (χ1) is 10.1. The fourth-order valence-corrected chi connectivity index (χ4v) is 2.19. The molecule has 0 N–H and O–H groups in total. The second kappa shape index (κ2) is 6.97. The Kier molecular flexibility index (Phi) is 5.04. The third-order valence-electron chi connectivity index (χ3n) is 3.62. The van der Waals surface area contributed by atoms with Gasteiger partial charge < -0.3 is 4.90 Å². The van der Waals surface area contributed by atoms with Gasteiger partial charge in [0.1, 0.15) is 0 Å². The lowest BCUT2D eigenvalue weighted by molar-refractivity contribution is 0.0736. The highest BCUT2D eigenvalue weighted by Crippen LogP contribution is 2.14. The summed E-state index contributed by atoms with van der Waals surface area (Å²) in [4.78, 5) is 22.7. The van der Waals surface area contributed by atoms with E-state index in [9.17, 15) is 4.79 Å². The maximum atomic E-state index is 12.4. The Morgan fingerprint density at radius 3 is 2.38 bits per heavy atom. The summed E-state index contributed by atoms with van der Waals surface area (Å²) in [5.41, 5.74) is 1.48. The first-order valence-corrected chi connectivity index (χ1v) is 7.28. The number of carbonyl (C=O) groups is 1. The van der Waals surface area contributed by atoms with E-state index >= 15 is 0 Å². The van der Waals surface area contributed by atoms with Gasteiger partial charge in [0.2, 0.25) is 0 Å². The lowest BCUT2D eigenvalue weighted by Gasteiger charge is -2.24. The van der Waals surface area contributed by atoms with Gasteiger partial charge in [0.15, 0.2) is 5.82 Å². The van der Waals surface area contributed by atoms with Crippen LogP contribution in [0.2, 0.25) is 0 Å². The average Bonchev–Trinajstić information content (AvgIpc) is 2.54. The van der Waals surface area contributed by atoms with Crippen LogP contribution in [0.4, 0.5) is 0 Å². The van der Waals surface area contributed by atoms with Crippen LogP contribution in [0.15, 0.2) is 42.7 Å². The van der Waals surface area contributed by atoms with E-state index < -0.39 is 0 Å². The zero-order chi connectivity index (χ0) is 15.2. The standard InChI is InChI=1S/C17H21N3O/c1-4-8-13(2)20(3)17(21)15-11-18-16(19-12-15)14-9-6-5-7-10-14/h5-7,9-13H,4,8H2,1-3H3/t13-/m0/s1. The minimum absolute atomic E-state index is 0.0319. The van der Waals surface area contributed by atoms with Crippen molar-refractivity contribution < 1.29 is 4.79 Å². The van der Waals surface area contributed by atoms with Gasteiger partial charge in [0.25, 0.3) is 5.91 Å². The van der Waals surface area contributed by atoms with Crippen LogP contribution in [-0.2, 0) is 0 Å². The largest absolute Gasteiger partial charge is 0.339 e. The first kappa shape index (κ1) is 15.2. The second-order valence-electron chi connectivity index (χ2n) is 5.22. The van der Waals surface area contributed by atoms with Crippen LogP contribution in [0, 0.1) is 0 Å². The van der Waals surface area contributed by atoms with Gasteiger partial charge >= 0.3 is 0 Å². The highest BCUT2D eigenvalue weighted by atomic mass is 16.2. The third-order valence-corrected chi connectivity index (χ3v) is 3.62. The molecule has 2 aromatic rings. The minimum Gasteiger partial charge on any atom is -0.339 e. The van der Waals surface area contributed by atoms with Crippen LogP contribution in [0.3, 0.4) is 0 Å². The van der Waals surface area contributed by atoms with E-state index in [-0.39, 0.29) is 11.9 Å². The maximum Gasteiger partial charge on any atom is 0.256 e. The predicted molar refractivity (Wildman–Crippen MR) is 83.9 cm³/mol. The van der Waals surface area contributed by atoms with Gasteiger partial charge in [-0.25, -0.2) is 9.97 Å². The van der Waals surface area contributed by atoms with E-state index in [1.165, 1.54) is 0 Å². The molecule has 1 aromatic carbocycles. The maximum absolute atomic E-state index is 12.4. The van der Waals surface area contributed by atoms with Gasteiger partial charge in [-0.3, -0.25) is 4.79 Å². The molecule has 0 bridgehead atoms. The molecule has 0 unspecified atom stereocenters. The van der Waals surface area contributed by atoms with Crippen molar-refractivity contribution in [3.63, 3.8) is 0 Å². The van der Waals surface area contributed by atoms with Gasteiger partial charge in [-0.1, -0.05) is 43.7 Å². The summed E-state index contributed by atoms with van der Waals surface area (Å²) in [6, 6.07) is 9.95. The molecule has 0 fully saturated rings. The van der Waals surface area contributed by atoms with Crippen LogP contribution < -0.4 is 0 Å². The van der Waals surface area contributed by atoms with Crippen molar-refractivity contribution in [1.29, 1.82) is 0 Å². The molecule has 21 heavy (non-hydrogen) atoms. The summed E-state index contributed by atoms with van der Waals surface area (Å²) in [6.07, 6.45) is 5.26. The van der Waals surface area contributed by atoms with Crippen LogP contribution in [0.25, 0.3) is 11.4 Å². The quantitative estimate of drug-likeness (QED) is 0.844. The van der Waals surface area contributed by atoms with E-state index in [4.69, 9.17) is 0 Å². The van der Waals surface area contributed by atoms with Crippen molar-refractivity contribution in [3.8, 4) is 11.4 Å². The van der Waals surface area contributed by atoms with Gasteiger partial charge in [-0.2, -0.15) is 0 Å². The molecular formula is C17H21N3O. The number of hydrogen-bond donors (Lipinski definition) is 0. The highest BCUT2D eigenvalue weighted by Gasteiger charge is 2.17. The minimum atomic E-state index is -0.0319. The smallest absolute Gasteiger partial charge is 0.256 e. The number of benzene rings is 1. The normalized spacial score (nSPS) is 12.0.